The number of urea groups is 1. The summed E-state index contributed by atoms with van der Waals surface area (Å²) >= 11 is 0. The zero-order valence-corrected chi connectivity index (χ0v) is 11.4. The van der Waals surface area contributed by atoms with Crippen LogP contribution in [0.1, 0.15) is 27.2 Å². The zero-order chi connectivity index (χ0) is 13.8. The van der Waals surface area contributed by atoms with E-state index in [1.165, 1.54) is 0 Å². The third-order valence-corrected chi connectivity index (χ3v) is 3.68. The van der Waals surface area contributed by atoms with Crippen LogP contribution < -0.4 is 5.32 Å². The fourth-order valence-corrected chi connectivity index (χ4v) is 2.00. The van der Waals surface area contributed by atoms with Gasteiger partial charge in [0.15, 0.2) is 0 Å². The maximum absolute atomic E-state index is 11.7. The molecule has 104 valence electrons. The minimum Gasteiger partial charge on any atom is -0.480 e. The Morgan fingerprint density at radius 3 is 2.22 bits per heavy atom. The van der Waals surface area contributed by atoms with E-state index in [0.29, 0.717) is 13.1 Å². The quantitative estimate of drug-likeness (QED) is 0.773. The number of nitrogens with one attached hydrogen (secondary N) is 1. The molecule has 1 fully saturated rings. The molecule has 1 rings (SSSR count). The van der Waals surface area contributed by atoms with Gasteiger partial charge in [0.2, 0.25) is 0 Å². The molecule has 0 aliphatic carbocycles. The lowest BCUT2D eigenvalue weighted by atomic mass is 9.98. The van der Waals surface area contributed by atoms with Crippen molar-refractivity contribution in [3.05, 3.63) is 0 Å². The molecule has 1 saturated heterocycles. The first-order valence-corrected chi connectivity index (χ1v) is 6.36. The summed E-state index contributed by atoms with van der Waals surface area (Å²) in [7, 11) is 0. The van der Waals surface area contributed by atoms with E-state index >= 15 is 0 Å². The van der Waals surface area contributed by atoms with Gasteiger partial charge in [-0.15, -0.1) is 0 Å². The van der Waals surface area contributed by atoms with Gasteiger partial charge in [-0.05, 0) is 20.3 Å². The number of carbonyl (C=O) groups excluding carboxylic acids is 1. The second-order valence-corrected chi connectivity index (χ2v) is 5.19. The summed E-state index contributed by atoms with van der Waals surface area (Å²) in [4.78, 5) is 26.1. The number of amides is 2. The van der Waals surface area contributed by atoms with Crippen LogP contribution in [0.15, 0.2) is 0 Å². The summed E-state index contributed by atoms with van der Waals surface area (Å²) in [5.41, 5.74) is 0.156. The fraction of sp³-hybridized carbons (Fsp3) is 0.833. The van der Waals surface area contributed by atoms with Gasteiger partial charge in [-0.3, -0.25) is 9.69 Å². The first-order chi connectivity index (χ1) is 8.36. The van der Waals surface area contributed by atoms with Gasteiger partial charge >= 0.3 is 12.0 Å². The highest BCUT2D eigenvalue weighted by Gasteiger charge is 2.29. The van der Waals surface area contributed by atoms with Crippen molar-refractivity contribution in [1.82, 2.24) is 15.1 Å². The summed E-state index contributed by atoms with van der Waals surface area (Å²) in [6.07, 6.45) is 1.07. The van der Waals surface area contributed by atoms with Crippen molar-refractivity contribution in [3.8, 4) is 0 Å². The Morgan fingerprint density at radius 1 is 1.22 bits per heavy atom. The Balaban J connectivity index is 2.39. The normalized spacial score (nSPS) is 17.6. The first kappa shape index (κ1) is 14.8. The second kappa shape index (κ2) is 6.04. The summed E-state index contributed by atoms with van der Waals surface area (Å²) < 4.78 is 0. The fourth-order valence-electron chi connectivity index (χ4n) is 2.00. The van der Waals surface area contributed by atoms with Crippen LogP contribution in [0.3, 0.4) is 0 Å². The van der Waals surface area contributed by atoms with Crippen molar-refractivity contribution in [2.75, 3.05) is 32.7 Å². The van der Waals surface area contributed by atoms with Crippen molar-refractivity contribution >= 4 is 12.0 Å². The molecule has 2 N–H and O–H groups in total. The molecule has 0 atom stereocenters. The summed E-state index contributed by atoms with van der Waals surface area (Å²) in [5.74, 6) is -1.02. The standard InChI is InChI=1S/C12H23N3O3/c1-4-12(2,3)15-7-5-14(6-8-15)11(18)13-9-10(16)17/h4-9H2,1-3H3,(H,13,18)(H,16,17). The van der Waals surface area contributed by atoms with Gasteiger partial charge in [0.05, 0.1) is 0 Å². The molecular weight excluding hydrogens is 234 g/mol. The lowest BCUT2D eigenvalue weighted by Gasteiger charge is -2.43. The lowest BCUT2D eigenvalue weighted by molar-refractivity contribution is -0.135. The zero-order valence-electron chi connectivity index (χ0n) is 11.4. The molecule has 2 amide bonds. The van der Waals surface area contributed by atoms with Crippen LogP contribution in [0.5, 0.6) is 0 Å². The van der Waals surface area contributed by atoms with Gasteiger partial charge in [0.1, 0.15) is 6.54 Å². The number of hydrogen-bond donors (Lipinski definition) is 2. The topological polar surface area (TPSA) is 72.9 Å². The van der Waals surface area contributed by atoms with E-state index in [0.717, 1.165) is 19.5 Å². The minimum absolute atomic E-state index is 0.156. The molecule has 0 aromatic rings. The van der Waals surface area contributed by atoms with Gasteiger partial charge in [-0.25, -0.2) is 4.79 Å². The average Bonchev–Trinajstić information content (AvgIpc) is 2.36. The van der Waals surface area contributed by atoms with Gasteiger partial charge in [-0.1, -0.05) is 6.92 Å². The van der Waals surface area contributed by atoms with Crippen LogP contribution in [0, 0.1) is 0 Å². The summed E-state index contributed by atoms with van der Waals surface area (Å²) in [6.45, 7) is 9.21. The highest BCUT2D eigenvalue weighted by Crippen LogP contribution is 2.20. The molecule has 18 heavy (non-hydrogen) atoms. The predicted molar refractivity (Wildman–Crippen MR) is 68.6 cm³/mol. The van der Waals surface area contributed by atoms with E-state index in [1.807, 2.05) is 0 Å². The smallest absolute Gasteiger partial charge is 0.323 e. The Hall–Kier alpha value is -1.30. The van der Waals surface area contributed by atoms with Crippen molar-refractivity contribution in [3.63, 3.8) is 0 Å². The van der Waals surface area contributed by atoms with E-state index in [1.54, 1.807) is 4.90 Å². The molecular formula is C12H23N3O3. The van der Waals surface area contributed by atoms with Gasteiger partial charge in [0.25, 0.3) is 0 Å². The number of rotatable bonds is 4. The van der Waals surface area contributed by atoms with Crippen LogP contribution in [-0.2, 0) is 4.79 Å². The van der Waals surface area contributed by atoms with Crippen LogP contribution in [0.4, 0.5) is 4.79 Å². The van der Waals surface area contributed by atoms with Gasteiger partial charge < -0.3 is 15.3 Å². The Labute approximate surface area is 108 Å². The van der Waals surface area contributed by atoms with E-state index in [9.17, 15) is 9.59 Å². The predicted octanol–water partition coefficient (Wildman–Crippen LogP) is 0.587. The number of piperazine rings is 1. The molecule has 0 radical (unpaired) electrons. The third kappa shape index (κ3) is 3.87. The van der Waals surface area contributed by atoms with E-state index in [-0.39, 0.29) is 18.1 Å². The molecule has 6 nitrogen and oxygen atoms in total. The molecule has 0 spiro atoms. The molecule has 1 aliphatic heterocycles. The molecule has 6 heteroatoms. The second-order valence-electron chi connectivity index (χ2n) is 5.19. The molecule has 1 aliphatic rings. The maximum Gasteiger partial charge on any atom is 0.323 e. The molecule has 0 saturated carbocycles. The number of carbonyl (C=O) groups is 2. The van der Waals surface area contributed by atoms with Crippen LogP contribution in [0.25, 0.3) is 0 Å². The highest BCUT2D eigenvalue weighted by molar-refractivity contribution is 5.80. The third-order valence-electron chi connectivity index (χ3n) is 3.68. The maximum atomic E-state index is 11.7. The minimum atomic E-state index is -1.02. The summed E-state index contributed by atoms with van der Waals surface area (Å²) in [6, 6.07) is -0.286. The largest absolute Gasteiger partial charge is 0.480 e. The van der Waals surface area contributed by atoms with Gasteiger partial charge in [0, 0.05) is 31.7 Å². The van der Waals surface area contributed by atoms with Crippen molar-refractivity contribution in [2.45, 2.75) is 32.7 Å². The molecule has 0 aromatic carbocycles. The summed E-state index contributed by atoms with van der Waals surface area (Å²) in [5, 5.41) is 10.9. The van der Waals surface area contributed by atoms with Crippen molar-refractivity contribution < 1.29 is 14.7 Å². The first-order valence-electron chi connectivity index (χ1n) is 6.36. The van der Waals surface area contributed by atoms with Crippen molar-refractivity contribution in [1.29, 1.82) is 0 Å². The molecule has 0 aromatic heterocycles. The number of carboxylic acid groups (broad SMARTS) is 1. The van der Waals surface area contributed by atoms with Crippen LogP contribution in [-0.4, -0.2) is 65.2 Å². The molecule has 1 heterocycles. The van der Waals surface area contributed by atoms with Crippen LogP contribution >= 0.6 is 0 Å². The number of nitrogens with zero attached hydrogens (tertiary/aromatic N) is 2. The monoisotopic (exact) mass is 257 g/mol. The number of aliphatic carboxylic acids is 1. The van der Waals surface area contributed by atoms with E-state index in [2.05, 4.69) is 31.0 Å². The van der Waals surface area contributed by atoms with Crippen molar-refractivity contribution in [2.24, 2.45) is 0 Å². The molecule has 0 unspecified atom stereocenters. The Morgan fingerprint density at radius 2 is 1.78 bits per heavy atom. The van der Waals surface area contributed by atoms with E-state index < -0.39 is 5.97 Å². The lowest BCUT2D eigenvalue weighted by Crippen LogP contribution is -2.57. The average molecular weight is 257 g/mol. The Kier molecular flexibility index (Phi) is 4.95. The number of carboxylic acids is 1. The van der Waals surface area contributed by atoms with Gasteiger partial charge in [-0.2, -0.15) is 0 Å². The number of hydrogen-bond acceptors (Lipinski definition) is 3. The molecule has 0 bridgehead atoms. The SMILES string of the molecule is CCC(C)(C)N1CCN(C(=O)NCC(=O)O)CC1. The Bertz CT molecular complexity index is 310. The van der Waals surface area contributed by atoms with E-state index in [4.69, 9.17) is 5.11 Å². The highest BCUT2D eigenvalue weighted by atomic mass is 16.4. The van der Waals surface area contributed by atoms with Crippen LogP contribution in [0.2, 0.25) is 0 Å².